The quantitative estimate of drug-likeness (QED) is 0.899. The third kappa shape index (κ3) is 2.69. The zero-order valence-corrected chi connectivity index (χ0v) is 11.7. The first-order valence-corrected chi connectivity index (χ1v) is 7.67. The van der Waals surface area contributed by atoms with E-state index in [1.807, 2.05) is 6.92 Å². The largest absolute Gasteiger partial charge is 0.395 e. The van der Waals surface area contributed by atoms with Gasteiger partial charge in [0.25, 0.3) is 0 Å². The number of benzene rings is 1. The molecule has 0 unspecified atom stereocenters. The zero-order valence-electron chi connectivity index (χ0n) is 10.1. The van der Waals surface area contributed by atoms with Crippen LogP contribution in [0.2, 0.25) is 5.02 Å². The summed E-state index contributed by atoms with van der Waals surface area (Å²) in [5, 5.41) is 9.23. The van der Waals surface area contributed by atoms with E-state index < -0.39 is 10.0 Å². The molecular weight excluding hydrogens is 274 g/mol. The summed E-state index contributed by atoms with van der Waals surface area (Å²) in [4.78, 5) is 0.120. The third-order valence-electron chi connectivity index (χ3n) is 2.95. The van der Waals surface area contributed by atoms with E-state index in [2.05, 4.69) is 0 Å². The van der Waals surface area contributed by atoms with Gasteiger partial charge in [0, 0.05) is 12.6 Å². The molecule has 2 rings (SSSR count). The fourth-order valence-electron chi connectivity index (χ4n) is 1.90. The first-order valence-electron chi connectivity index (χ1n) is 5.85. The molecule has 1 aliphatic rings. The van der Waals surface area contributed by atoms with Crippen LogP contribution in [0.4, 0.5) is 0 Å². The minimum absolute atomic E-state index is 0.0134. The number of hydrogen-bond donors (Lipinski definition) is 1. The van der Waals surface area contributed by atoms with Crippen molar-refractivity contribution in [1.82, 2.24) is 4.31 Å². The van der Waals surface area contributed by atoms with Crippen molar-refractivity contribution in [2.24, 2.45) is 0 Å². The summed E-state index contributed by atoms with van der Waals surface area (Å²) >= 11 is 6.02. The van der Waals surface area contributed by atoms with Crippen molar-refractivity contribution >= 4 is 21.6 Å². The molecule has 1 fully saturated rings. The van der Waals surface area contributed by atoms with Crippen LogP contribution in [0.1, 0.15) is 18.4 Å². The zero-order chi connectivity index (χ0) is 13.3. The van der Waals surface area contributed by atoms with E-state index >= 15 is 0 Å². The lowest BCUT2D eigenvalue weighted by Gasteiger charge is -2.21. The lowest BCUT2D eigenvalue weighted by molar-refractivity contribution is 0.250. The Hall–Kier alpha value is -0.620. The fourth-order valence-corrected chi connectivity index (χ4v) is 4.15. The third-order valence-corrected chi connectivity index (χ3v) is 5.38. The smallest absolute Gasteiger partial charge is 0.244 e. The van der Waals surface area contributed by atoms with Crippen molar-refractivity contribution in [2.75, 3.05) is 13.2 Å². The van der Waals surface area contributed by atoms with Crippen molar-refractivity contribution in [1.29, 1.82) is 0 Å². The fraction of sp³-hybridized carbons (Fsp3) is 0.500. The van der Waals surface area contributed by atoms with Gasteiger partial charge >= 0.3 is 0 Å². The Kier molecular flexibility index (Phi) is 3.96. The van der Waals surface area contributed by atoms with Gasteiger partial charge in [-0.15, -0.1) is 0 Å². The molecule has 0 spiro atoms. The molecule has 0 aromatic heterocycles. The highest BCUT2D eigenvalue weighted by Gasteiger charge is 2.38. The van der Waals surface area contributed by atoms with Gasteiger partial charge in [0.05, 0.1) is 11.6 Å². The molecule has 18 heavy (non-hydrogen) atoms. The Morgan fingerprint density at radius 2 is 2.11 bits per heavy atom. The summed E-state index contributed by atoms with van der Waals surface area (Å²) in [6.45, 7) is 1.80. The van der Waals surface area contributed by atoms with Gasteiger partial charge in [-0.3, -0.25) is 0 Å². The van der Waals surface area contributed by atoms with Gasteiger partial charge in [-0.05, 0) is 37.5 Å². The molecule has 1 aromatic carbocycles. The van der Waals surface area contributed by atoms with Gasteiger partial charge in [0.2, 0.25) is 10.0 Å². The molecular formula is C12H16ClNO3S. The van der Waals surface area contributed by atoms with Crippen molar-refractivity contribution in [2.45, 2.75) is 30.7 Å². The van der Waals surface area contributed by atoms with Crippen LogP contribution in [0.25, 0.3) is 0 Å². The summed E-state index contributed by atoms with van der Waals surface area (Å²) in [5.41, 5.74) is 0.916. The monoisotopic (exact) mass is 289 g/mol. The van der Waals surface area contributed by atoms with E-state index in [0.29, 0.717) is 0 Å². The molecule has 4 nitrogen and oxygen atoms in total. The Morgan fingerprint density at radius 3 is 2.61 bits per heavy atom. The van der Waals surface area contributed by atoms with Crippen LogP contribution >= 0.6 is 11.6 Å². The molecule has 0 aliphatic heterocycles. The van der Waals surface area contributed by atoms with Crippen molar-refractivity contribution in [3.63, 3.8) is 0 Å². The molecule has 0 bridgehead atoms. The highest BCUT2D eigenvalue weighted by atomic mass is 35.5. The summed E-state index contributed by atoms with van der Waals surface area (Å²) in [5.74, 6) is 0. The predicted molar refractivity (Wildman–Crippen MR) is 70.2 cm³/mol. The maximum Gasteiger partial charge on any atom is 0.244 e. The van der Waals surface area contributed by atoms with E-state index in [4.69, 9.17) is 16.7 Å². The second-order valence-electron chi connectivity index (χ2n) is 4.50. The van der Waals surface area contributed by atoms with E-state index in [1.165, 1.54) is 10.4 Å². The lowest BCUT2D eigenvalue weighted by Crippen LogP contribution is -2.35. The van der Waals surface area contributed by atoms with Crippen molar-refractivity contribution < 1.29 is 13.5 Å². The second kappa shape index (κ2) is 5.17. The first-order chi connectivity index (χ1) is 8.46. The van der Waals surface area contributed by atoms with Crippen LogP contribution in [-0.4, -0.2) is 37.0 Å². The molecule has 0 amide bonds. The molecule has 0 radical (unpaired) electrons. The van der Waals surface area contributed by atoms with Crippen LogP contribution in [0.3, 0.4) is 0 Å². The van der Waals surface area contributed by atoms with Gasteiger partial charge in [-0.1, -0.05) is 17.7 Å². The molecule has 1 aliphatic carbocycles. The SMILES string of the molecule is Cc1ccc(S(=O)(=O)N(CCO)C2CC2)c(Cl)c1. The van der Waals surface area contributed by atoms with Crippen LogP contribution in [-0.2, 0) is 10.0 Å². The molecule has 1 saturated carbocycles. The van der Waals surface area contributed by atoms with Crippen LogP contribution < -0.4 is 0 Å². The molecule has 6 heteroatoms. The normalized spacial score (nSPS) is 16.2. The topological polar surface area (TPSA) is 57.6 Å². The molecule has 1 aromatic rings. The summed E-state index contributed by atoms with van der Waals surface area (Å²) in [7, 11) is -3.61. The number of hydrogen-bond acceptors (Lipinski definition) is 3. The molecule has 100 valence electrons. The van der Waals surface area contributed by atoms with E-state index in [-0.39, 0.29) is 29.1 Å². The van der Waals surface area contributed by atoms with E-state index in [9.17, 15) is 8.42 Å². The number of halogens is 1. The van der Waals surface area contributed by atoms with E-state index in [1.54, 1.807) is 12.1 Å². The maximum absolute atomic E-state index is 12.5. The van der Waals surface area contributed by atoms with Gasteiger partial charge in [-0.25, -0.2) is 8.42 Å². The minimum Gasteiger partial charge on any atom is -0.395 e. The standard InChI is InChI=1S/C12H16ClNO3S/c1-9-2-5-12(11(13)8-9)18(16,17)14(6-7-15)10-3-4-10/h2,5,8,10,15H,3-4,6-7H2,1H3. The number of aliphatic hydroxyl groups is 1. The van der Waals surface area contributed by atoms with Crippen LogP contribution in [0.5, 0.6) is 0 Å². The molecule has 0 saturated heterocycles. The average Bonchev–Trinajstić information content (AvgIpc) is 3.08. The van der Waals surface area contributed by atoms with E-state index in [0.717, 1.165) is 18.4 Å². The highest BCUT2D eigenvalue weighted by molar-refractivity contribution is 7.89. The maximum atomic E-state index is 12.5. The Balaban J connectivity index is 2.39. The van der Waals surface area contributed by atoms with Crippen LogP contribution in [0, 0.1) is 6.92 Å². The van der Waals surface area contributed by atoms with Crippen molar-refractivity contribution in [3.8, 4) is 0 Å². The number of aryl methyl sites for hydroxylation is 1. The summed E-state index contributed by atoms with van der Waals surface area (Å²) in [6.07, 6.45) is 1.70. The Labute approximate surface area is 112 Å². The molecule has 0 atom stereocenters. The van der Waals surface area contributed by atoms with Gasteiger partial charge < -0.3 is 5.11 Å². The minimum atomic E-state index is -3.61. The average molecular weight is 290 g/mol. The van der Waals surface area contributed by atoms with Gasteiger partial charge in [-0.2, -0.15) is 4.31 Å². The van der Waals surface area contributed by atoms with Crippen molar-refractivity contribution in [3.05, 3.63) is 28.8 Å². The highest BCUT2D eigenvalue weighted by Crippen LogP contribution is 2.34. The summed E-state index contributed by atoms with van der Waals surface area (Å²) < 4.78 is 26.3. The lowest BCUT2D eigenvalue weighted by atomic mass is 10.2. The first kappa shape index (κ1) is 13.8. The molecule has 0 heterocycles. The number of rotatable bonds is 5. The number of nitrogens with zero attached hydrogens (tertiary/aromatic N) is 1. The Bertz CT molecular complexity index is 540. The Morgan fingerprint density at radius 1 is 1.44 bits per heavy atom. The number of sulfonamides is 1. The molecule has 1 N–H and O–H groups in total. The van der Waals surface area contributed by atoms with Gasteiger partial charge in [0.15, 0.2) is 0 Å². The second-order valence-corrected chi connectivity index (χ2v) is 6.77. The number of aliphatic hydroxyl groups excluding tert-OH is 1. The predicted octanol–water partition coefficient (Wildman–Crippen LogP) is 1.79. The van der Waals surface area contributed by atoms with Crippen LogP contribution in [0.15, 0.2) is 23.1 Å². The van der Waals surface area contributed by atoms with Gasteiger partial charge in [0.1, 0.15) is 4.90 Å². The summed E-state index contributed by atoms with van der Waals surface area (Å²) in [6, 6.07) is 4.90.